The molecule has 0 bridgehead atoms. The highest BCUT2D eigenvalue weighted by molar-refractivity contribution is 5.09. The van der Waals surface area contributed by atoms with E-state index in [4.69, 9.17) is 14.7 Å². The molecule has 0 aliphatic heterocycles. The first-order valence-corrected chi connectivity index (χ1v) is 5.47. The second-order valence-corrected chi connectivity index (χ2v) is 4.03. The van der Waals surface area contributed by atoms with Crippen molar-refractivity contribution in [3.63, 3.8) is 0 Å². The highest BCUT2D eigenvalue weighted by atomic mass is 16.5. The van der Waals surface area contributed by atoms with Crippen LogP contribution in [0.5, 0.6) is 0 Å². The maximum atomic E-state index is 9.14. The van der Waals surface area contributed by atoms with Gasteiger partial charge in [-0.1, -0.05) is 0 Å². The van der Waals surface area contributed by atoms with E-state index in [0.29, 0.717) is 13.2 Å². The lowest BCUT2D eigenvalue weighted by Crippen LogP contribution is -2.47. The van der Waals surface area contributed by atoms with Gasteiger partial charge in [-0.15, -0.1) is 0 Å². The minimum Gasteiger partial charge on any atom is -0.382 e. The first-order chi connectivity index (χ1) is 7.26. The fourth-order valence-corrected chi connectivity index (χ4v) is 2.05. The molecule has 2 unspecified atom stereocenters. The molecule has 4 heteroatoms. The van der Waals surface area contributed by atoms with Crippen molar-refractivity contribution in [3.8, 4) is 6.07 Å². The lowest BCUT2D eigenvalue weighted by atomic mass is 9.81. The molecule has 1 rings (SSSR count). The van der Waals surface area contributed by atoms with Gasteiger partial charge in [0.25, 0.3) is 0 Å². The van der Waals surface area contributed by atoms with Crippen molar-refractivity contribution < 1.29 is 9.47 Å². The molecule has 4 nitrogen and oxygen atoms in total. The Balaban J connectivity index is 2.38. The first-order valence-electron chi connectivity index (χ1n) is 5.47. The molecule has 1 fully saturated rings. The third kappa shape index (κ3) is 3.45. The lowest BCUT2D eigenvalue weighted by molar-refractivity contribution is -0.0133. The molecule has 0 amide bonds. The van der Waals surface area contributed by atoms with Gasteiger partial charge < -0.3 is 14.8 Å². The van der Waals surface area contributed by atoms with E-state index < -0.39 is 0 Å². The number of ether oxygens (including phenoxy) is 2. The van der Waals surface area contributed by atoms with Crippen LogP contribution in [0.3, 0.4) is 0 Å². The monoisotopic (exact) mass is 212 g/mol. The predicted molar refractivity (Wildman–Crippen MR) is 57.5 cm³/mol. The van der Waals surface area contributed by atoms with Crippen LogP contribution in [0.4, 0.5) is 0 Å². The zero-order chi connectivity index (χ0) is 11.1. The summed E-state index contributed by atoms with van der Waals surface area (Å²) < 4.78 is 10.6. The fourth-order valence-electron chi connectivity index (χ4n) is 2.05. The van der Waals surface area contributed by atoms with E-state index in [1.807, 2.05) is 7.05 Å². The Morgan fingerprint density at radius 1 is 1.53 bits per heavy atom. The number of hydrogen-bond donors (Lipinski definition) is 1. The van der Waals surface area contributed by atoms with E-state index in [1.54, 1.807) is 7.11 Å². The second-order valence-electron chi connectivity index (χ2n) is 4.03. The molecule has 0 heterocycles. The van der Waals surface area contributed by atoms with E-state index in [1.165, 1.54) is 0 Å². The molecular formula is C11H20N2O2. The van der Waals surface area contributed by atoms with Crippen molar-refractivity contribution in [2.75, 3.05) is 27.4 Å². The van der Waals surface area contributed by atoms with Crippen LogP contribution >= 0.6 is 0 Å². The minimum atomic E-state index is -0.379. The molecule has 1 saturated carbocycles. The molecule has 1 N–H and O–H groups in total. The molecule has 86 valence electrons. The van der Waals surface area contributed by atoms with E-state index in [9.17, 15) is 0 Å². The molecule has 0 saturated heterocycles. The van der Waals surface area contributed by atoms with Crippen LogP contribution in [0.15, 0.2) is 0 Å². The topological polar surface area (TPSA) is 54.3 Å². The molecule has 15 heavy (non-hydrogen) atoms. The van der Waals surface area contributed by atoms with Crippen molar-refractivity contribution in [1.29, 1.82) is 5.26 Å². The fraction of sp³-hybridized carbons (Fsp3) is 0.909. The summed E-state index contributed by atoms with van der Waals surface area (Å²) in [5.74, 6) is 0. The highest BCUT2D eigenvalue weighted by Gasteiger charge is 2.35. The predicted octanol–water partition coefficient (Wildman–Crippen LogP) is 1.07. The van der Waals surface area contributed by atoms with Crippen LogP contribution in [0, 0.1) is 11.3 Å². The van der Waals surface area contributed by atoms with E-state index in [2.05, 4.69) is 11.4 Å². The summed E-state index contributed by atoms with van der Waals surface area (Å²) in [5.41, 5.74) is -0.379. The average molecular weight is 212 g/mol. The van der Waals surface area contributed by atoms with Crippen molar-refractivity contribution >= 4 is 0 Å². The molecule has 0 aromatic rings. The number of rotatable bonds is 5. The van der Waals surface area contributed by atoms with E-state index in [-0.39, 0.29) is 11.6 Å². The lowest BCUT2D eigenvalue weighted by Gasteiger charge is -2.35. The summed E-state index contributed by atoms with van der Waals surface area (Å²) in [7, 11) is 3.51. The Morgan fingerprint density at radius 2 is 2.33 bits per heavy atom. The largest absolute Gasteiger partial charge is 0.382 e. The normalized spacial score (nSPS) is 31.1. The quantitative estimate of drug-likeness (QED) is 0.693. The third-order valence-corrected chi connectivity index (χ3v) is 3.04. The van der Waals surface area contributed by atoms with Crippen LogP contribution in [0.1, 0.15) is 25.7 Å². The van der Waals surface area contributed by atoms with Crippen LogP contribution < -0.4 is 5.32 Å². The smallest absolute Gasteiger partial charge is 0.109 e. The Kier molecular flexibility index (Phi) is 5.03. The number of hydrogen-bond acceptors (Lipinski definition) is 4. The van der Waals surface area contributed by atoms with E-state index >= 15 is 0 Å². The first kappa shape index (κ1) is 12.4. The maximum absolute atomic E-state index is 9.14. The number of methoxy groups -OCH3 is 1. The van der Waals surface area contributed by atoms with Gasteiger partial charge in [0.15, 0.2) is 0 Å². The Morgan fingerprint density at radius 3 is 2.93 bits per heavy atom. The SMILES string of the molecule is CNC1(C#N)CCCC(OCCOC)C1. The van der Waals surface area contributed by atoms with Gasteiger partial charge in [0.1, 0.15) is 5.54 Å². The average Bonchev–Trinajstić information content (AvgIpc) is 2.30. The molecule has 1 aliphatic carbocycles. The molecular weight excluding hydrogens is 192 g/mol. The standard InChI is InChI=1S/C11H20N2O2/c1-13-11(9-12)5-3-4-10(8-11)15-7-6-14-2/h10,13H,3-8H2,1-2H3. The number of nitriles is 1. The van der Waals surface area contributed by atoms with Gasteiger partial charge in [-0.05, 0) is 26.3 Å². The summed E-state index contributed by atoms with van der Waals surface area (Å²) in [6, 6.07) is 2.37. The summed E-state index contributed by atoms with van der Waals surface area (Å²) in [4.78, 5) is 0. The van der Waals surface area contributed by atoms with Gasteiger partial charge in [-0.25, -0.2) is 0 Å². The van der Waals surface area contributed by atoms with Crippen molar-refractivity contribution in [2.45, 2.75) is 37.3 Å². The maximum Gasteiger partial charge on any atom is 0.109 e. The Hall–Kier alpha value is -0.630. The summed E-state index contributed by atoms with van der Waals surface area (Å²) in [6.45, 7) is 1.24. The van der Waals surface area contributed by atoms with Crippen LogP contribution in [0.2, 0.25) is 0 Å². The van der Waals surface area contributed by atoms with Gasteiger partial charge in [0, 0.05) is 13.5 Å². The molecule has 0 radical (unpaired) electrons. The number of nitrogens with zero attached hydrogens (tertiary/aromatic N) is 1. The van der Waals surface area contributed by atoms with E-state index in [0.717, 1.165) is 25.7 Å². The van der Waals surface area contributed by atoms with Crippen LogP contribution in [0.25, 0.3) is 0 Å². The molecule has 0 aromatic heterocycles. The Bertz CT molecular complexity index is 227. The zero-order valence-corrected chi connectivity index (χ0v) is 9.58. The second kappa shape index (κ2) is 6.06. The third-order valence-electron chi connectivity index (χ3n) is 3.04. The van der Waals surface area contributed by atoms with Crippen molar-refractivity contribution in [1.82, 2.24) is 5.32 Å². The van der Waals surface area contributed by atoms with Gasteiger partial charge in [-0.2, -0.15) is 5.26 Å². The summed E-state index contributed by atoms with van der Waals surface area (Å²) in [5, 5.41) is 12.3. The number of nitrogens with one attached hydrogen (secondary N) is 1. The van der Waals surface area contributed by atoms with Crippen LogP contribution in [-0.2, 0) is 9.47 Å². The summed E-state index contributed by atoms with van der Waals surface area (Å²) >= 11 is 0. The molecule has 0 spiro atoms. The Labute approximate surface area is 91.6 Å². The van der Waals surface area contributed by atoms with Gasteiger partial charge in [0.2, 0.25) is 0 Å². The molecule has 2 atom stereocenters. The zero-order valence-electron chi connectivity index (χ0n) is 9.58. The highest BCUT2D eigenvalue weighted by Crippen LogP contribution is 2.29. The van der Waals surface area contributed by atoms with Crippen molar-refractivity contribution in [3.05, 3.63) is 0 Å². The van der Waals surface area contributed by atoms with Crippen molar-refractivity contribution in [2.24, 2.45) is 0 Å². The van der Waals surface area contributed by atoms with Gasteiger partial charge in [0.05, 0.1) is 25.4 Å². The summed E-state index contributed by atoms with van der Waals surface area (Å²) in [6.07, 6.45) is 4.00. The molecule has 0 aromatic carbocycles. The molecule has 1 aliphatic rings. The minimum absolute atomic E-state index is 0.195. The van der Waals surface area contributed by atoms with Gasteiger partial charge in [-0.3, -0.25) is 0 Å². The van der Waals surface area contributed by atoms with Gasteiger partial charge >= 0.3 is 0 Å². The van der Waals surface area contributed by atoms with Crippen LogP contribution in [-0.4, -0.2) is 39.0 Å².